The van der Waals surface area contributed by atoms with Crippen molar-refractivity contribution in [3.05, 3.63) is 70.1 Å². The zero-order valence-electron chi connectivity index (χ0n) is 16.1. The second-order valence-corrected chi connectivity index (χ2v) is 9.45. The Morgan fingerprint density at radius 1 is 1.14 bits per heavy atom. The summed E-state index contributed by atoms with van der Waals surface area (Å²) >= 11 is 1.15. The van der Waals surface area contributed by atoms with Gasteiger partial charge in [0.05, 0.1) is 13.2 Å². The molecule has 154 valence electrons. The lowest BCUT2D eigenvalue weighted by Crippen LogP contribution is -2.03. The van der Waals surface area contributed by atoms with Crippen LogP contribution in [0.5, 0.6) is 0 Å². The van der Waals surface area contributed by atoms with E-state index in [9.17, 15) is 14.5 Å². The van der Waals surface area contributed by atoms with E-state index in [1.807, 2.05) is 30.3 Å². The van der Waals surface area contributed by atoms with Gasteiger partial charge in [-0.25, -0.2) is 9.18 Å². The number of aromatic carboxylic acids is 1. The highest BCUT2D eigenvalue weighted by molar-refractivity contribution is 7.54. The fourth-order valence-corrected chi connectivity index (χ4v) is 5.80. The number of hydrogen-bond donors (Lipinski definition) is 1. The van der Waals surface area contributed by atoms with Gasteiger partial charge < -0.3 is 14.2 Å². The van der Waals surface area contributed by atoms with Crippen LogP contribution in [-0.4, -0.2) is 24.3 Å². The number of thiophene rings is 1. The van der Waals surface area contributed by atoms with Crippen LogP contribution in [0.15, 0.2) is 48.5 Å². The number of rotatable bonds is 9. The minimum atomic E-state index is -3.98. The van der Waals surface area contributed by atoms with Crippen molar-refractivity contribution in [2.24, 2.45) is 0 Å². The van der Waals surface area contributed by atoms with Gasteiger partial charge in [-0.3, -0.25) is 4.57 Å². The SMILES string of the molecule is CCOP(=O)(OCC)[C@@H](F)c1ccc2sc(C(=O)O)c(Cc3ccccc3)c2c1. The van der Waals surface area contributed by atoms with Crippen LogP contribution in [0.25, 0.3) is 10.1 Å². The zero-order chi connectivity index (χ0) is 21.0. The van der Waals surface area contributed by atoms with E-state index in [4.69, 9.17) is 9.05 Å². The van der Waals surface area contributed by atoms with Gasteiger partial charge in [0.15, 0.2) is 0 Å². The van der Waals surface area contributed by atoms with Crippen molar-refractivity contribution in [1.82, 2.24) is 0 Å². The van der Waals surface area contributed by atoms with Gasteiger partial charge in [0, 0.05) is 4.70 Å². The molecule has 0 aliphatic heterocycles. The maximum atomic E-state index is 15.2. The van der Waals surface area contributed by atoms with E-state index in [1.165, 1.54) is 6.07 Å². The molecule has 0 fully saturated rings. The predicted molar refractivity (Wildman–Crippen MR) is 113 cm³/mol. The van der Waals surface area contributed by atoms with Crippen LogP contribution in [0.3, 0.4) is 0 Å². The molecule has 8 heteroatoms. The van der Waals surface area contributed by atoms with Gasteiger partial charge in [0.25, 0.3) is 0 Å². The van der Waals surface area contributed by atoms with Gasteiger partial charge in [0.1, 0.15) is 4.88 Å². The molecule has 0 aliphatic rings. The topological polar surface area (TPSA) is 72.8 Å². The molecule has 3 aromatic rings. The van der Waals surface area contributed by atoms with Crippen LogP contribution >= 0.6 is 18.9 Å². The van der Waals surface area contributed by atoms with Crippen LogP contribution in [0, 0.1) is 0 Å². The highest BCUT2D eigenvalue weighted by atomic mass is 32.1. The summed E-state index contributed by atoms with van der Waals surface area (Å²) in [6.45, 7) is 3.36. The number of carboxylic acids is 1. The summed E-state index contributed by atoms with van der Waals surface area (Å²) in [4.78, 5) is 12.0. The van der Waals surface area contributed by atoms with Crippen molar-refractivity contribution in [3.63, 3.8) is 0 Å². The molecule has 5 nitrogen and oxygen atoms in total. The third-order valence-corrected chi connectivity index (χ3v) is 7.69. The van der Waals surface area contributed by atoms with Gasteiger partial charge >= 0.3 is 13.6 Å². The van der Waals surface area contributed by atoms with E-state index >= 15 is 4.39 Å². The van der Waals surface area contributed by atoms with E-state index in [-0.39, 0.29) is 23.7 Å². The highest BCUT2D eigenvalue weighted by Gasteiger charge is 2.37. The first-order chi connectivity index (χ1) is 13.9. The molecule has 0 aliphatic carbocycles. The molecule has 1 atom stereocenters. The van der Waals surface area contributed by atoms with Crippen molar-refractivity contribution < 1.29 is 27.9 Å². The lowest BCUT2D eigenvalue weighted by molar-refractivity contribution is 0.0701. The third kappa shape index (κ3) is 4.59. The summed E-state index contributed by atoms with van der Waals surface area (Å²) in [5.41, 5.74) is 1.71. The van der Waals surface area contributed by atoms with E-state index in [0.717, 1.165) is 21.6 Å². The monoisotopic (exact) mass is 436 g/mol. The van der Waals surface area contributed by atoms with Crippen LogP contribution < -0.4 is 0 Å². The van der Waals surface area contributed by atoms with Gasteiger partial charge in [-0.2, -0.15) is 0 Å². The molecule has 29 heavy (non-hydrogen) atoms. The van der Waals surface area contributed by atoms with Gasteiger partial charge in [0.2, 0.25) is 5.91 Å². The molecule has 3 rings (SSSR count). The molecule has 2 aromatic carbocycles. The fourth-order valence-electron chi connectivity index (χ4n) is 3.17. The molecule has 1 aromatic heterocycles. The molecule has 0 bridgehead atoms. The summed E-state index contributed by atoms with van der Waals surface area (Å²) in [6, 6.07) is 14.2. The normalized spacial score (nSPS) is 12.9. The number of fused-ring (bicyclic) bond motifs is 1. The van der Waals surface area contributed by atoms with Crippen molar-refractivity contribution in [2.75, 3.05) is 13.2 Å². The number of hydrogen-bond acceptors (Lipinski definition) is 5. The summed E-state index contributed by atoms with van der Waals surface area (Å²) in [7, 11) is -3.98. The number of benzene rings is 2. The molecule has 0 saturated carbocycles. The molecule has 0 radical (unpaired) electrons. The number of carboxylic acid groups (broad SMARTS) is 1. The van der Waals surface area contributed by atoms with Crippen LogP contribution in [-0.2, 0) is 20.0 Å². The minimum absolute atomic E-state index is 0.0564. The van der Waals surface area contributed by atoms with E-state index in [2.05, 4.69) is 0 Å². The highest BCUT2D eigenvalue weighted by Crippen LogP contribution is 2.62. The number of carbonyl (C=O) groups is 1. The first-order valence-corrected chi connectivity index (χ1v) is 11.7. The lowest BCUT2D eigenvalue weighted by atomic mass is 10.0. The summed E-state index contributed by atoms with van der Waals surface area (Å²) in [5.74, 6) is -2.98. The van der Waals surface area contributed by atoms with Crippen LogP contribution in [0.4, 0.5) is 4.39 Å². The Hall–Kier alpha value is -2.05. The lowest BCUT2D eigenvalue weighted by Gasteiger charge is -2.21. The maximum absolute atomic E-state index is 15.2. The maximum Gasteiger partial charge on any atom is 0.369 e. The summed E-state index contributed by atoms with van der Waals surface area (Å²) in [5, 5.41) is 10.3. The Morgan fingerprint density at radius 2 is 1.79 bits per heavy atom. The zero-order valence-corrected chi connectivity index (χ0v) is 17.8. The van der Waals surface area contributed by atoms with E-state index < -0.39 is 19.5 Å². The molecule has 1 N–H and O–H groups in total. The predicted octanol–water partition coefficient (Wildman–Crippen LogP) is 6.42. The summed E-state index contributed by atoms with van der Waals surface area (Å²) < 4.78 is 39.0. The molecule has 0 amide bonds. The Kier molecular flexibility index (Phi) is 6.85. The quantitative estimate of drug-likeness (QED) is 0.392. The van der Waals surface area contributed by atoms with Gasteiger partial charge in [-0.05, 0) is 54.5 Å². The number of alkyl halides is 1. The average Bonchev–Trinajstić information content (AvgIpc) is 3.06. The standard InChI is InChI=1S/C21H22FO5PS/c1-3-26-28(25,27-4-2)20(22)15-10-11-18-16(13-15)17(19(29-18)21(23)24)12-14-8-6-5-7-9-14/h5-11,13,20H,3-4,12H2,1-2H3,(H,23,24)/t20-/m1/s1. The van der Waals surface area contributed by atoms with E-state index in [1.54, 1.807) is 26.0 Å². The molecule has 0 saturated heterocycles. The fraction of sp³-hybridized carbons (Fsp3) is 0.286. The summed E-state index contributed by atoms with van der Waals surface area (Å²) in [6.07, 6.45) is 0.400. The Labute approximate surface area is 172 Å². The molecular formula is C21H22FO5PS. The van der Waals surface area contributed by atoms with Gasteiger partial charge in [-0.1, -0.05) is 36.4 Å². The Balaban J connectivity index is 2.09. The molecule has 0 unspecified atom stereocenters. The van der Waals surface area contributed by atoms with Gasteiger partial charge in [-0.15, -0.1) is 11.3 Å². The molecular weight excluding hydrogens is 414 g/mol. The largest absolute Gasteiger partial charge is 0.477 e. The molecule has 0 spiro atoms. The second-order valence-electron chi connectivity index (χ2n) is 6.34. The first kappa shape index (κ1) is 21.7. The second kappa shape index (κ2) is 9.18. The Morgan fingerprint density at radius 3 is 2.38 bits per heavy atom. The van der Waals surface area contributed by atoms with Crippen LogP contribution in [0.1, 0.15) is 46.1 Å². The first-order valence-electron chi connectivity index (χ1n) is 9.25. The average molecular weight is 436 g/mol. The Bertz CT molecular complexity index is 1040. The van der Waals surface area contributed by atoms with E-state index in [0.29, 0.717) is 17.4 Å². The molecule has 1 heterocycles. The third-order valence-electron chi connectivity index (χ3n) is 4.40. The van der Waals surface area contributed by atoms with Crippen molar-refractivity contribution >= 4 is 35.0 Å². The van der Waals surface area contributed by atoms with Crippen LogP contribution in [0.2, 0.25) is 0 Å². The minimum Gasteiger partial charge on any atom is -0.477 e. The number of halogens is 1. The van der Waals surface area contributed by atoms with Crippen molar-refractivity contribution in [3.8, 4) is 0 Å². The smallest absolute Gasteiger partial charge is 0.369 e. The van der Waals surface area contributed by atoms with Crippen molar-refractivity contribution in [2.45, 2.75) is 26.2 Å². The van der Waals surface area contributed by atoms with Crippen molar-refractivity contribution in [1.29, 1.82) is 0 Å².